The van der Waals surface area contributed by atoms with Crippen molar-refractivity contribution in [3.05, 3.63) is 0 Å². The zero-order chi connectivity index (χ0) is 13.1. The third-order valence-corrected chi connectivity index (χ3v) is 3.48. The van der Waals surface area contributed by atoms with Crippen molar-refractivity contribution in [2.24, 2.45) is 5.73 Å². The number of hydrogen-bond donors (Lipinski definition) is 1. The molecule has 0 aromatic carbocycles. The molecule has 18 heavy (non-hydrogen) atoms. The lowest BCUT2D eigenvalue weighted by Gasteiger charge is -2.43. The van der Waals surface area contributed by atoms with Crippen LogP contribution in [0.3, 0.4) is 0 Å². The fraction of sp³-hybridized carbons (Fsp3) is 1.00. The quantitative estimate of drug-likeness (QED) is 0.732. The molecule has 3 aliphatic rings. The summed E-state index contributed by atoms with van der Waals surface area (Å²) in [6.07, 6.45) is -1.24. The fourth-order valence-corrected chi connectivity index (χ4v) is 2.91. The van der Waals surface area contributed by atoms with Crippen molar-refractivity contribution in [1.82, 2.24) is 0 Å². The largest absolute Gasteiger partial charge is 0.343 e. The molecule has 0 aromatic heterocycles. The van der Waals surface area contributed by atoms with E-state index in [1.165, 1.54) is 0 Å². The highest BCUT2D eigenvalue weighted by atomic mass is 16.9. The van der Waals surface area contributed by atoms with Crippen LogP contribution in [0.25, 0.3) is 0 Å². The Labute approximate surface area is 107 Å². The van der Waals surface area contributed by atoms with Crippen LogP contribution in [0.15, 0.2) is 0 Å². The van der Waals surface area contributed by atoms with E-state index in [0.717, 1.165) is 0 Å². The monoisotopic (exact) mass is 259 g/mol. The Balaban J connectivity index is 1.83. The van der Waals surface area contributed by atoms with Gasteiger partial charge in [-0.1, -0.05) is 0 Å². The van der Waals surface area contributed by atoms with Gasteiger partial charge in [-0.15, -0.1) is 0 Å². The molecule has 0 aromatic rings. The van der Waals surface area contributed by atoms with Gasteiger partial charge in [-0.3, -0.25) is 0 Å². The molecule has 0 radical (unpaired) electrons. The molecule has 3 heterocycles. The van der Waals surface area contributed by atoms with Gasteiger partial charge in [0.1, 0.15) is 24.4 Å². The highest BCUT2D eigenvalue weighted by Gasteiger charge is 2.60. The second kappa shape index (κ2) is 3.88. The molecule has 0 bridgehead atoms. The van der Waals surface area contributed by atoms with Gasteiger partial charge in [0.25, 0.3) is 0 Å². The molecule has 3 rings (SSSR count). The summed E-state index contributed by atoms with van der Waals surface area (Å²) in [6, 6.07) is 0. The second-order valence-electron chi connectivity index (χ2n) is 5.94. The second-order valence-corrected chi connectivity index (χ2v) is 5.94. The minimum absolute atomic E-state index is 0.195. The highest BCUT2D eigenvalue weighted by Crippen LogP contribution is 2.44. The topological polar surface area (TPSA) is 72.2 Å². The molecular formula is C12H21NO5. The van der Waals surface area contributed by atoms with Crippen LogP contribution in [0.1, 0.15) is 27.7 Å². The van der Waals surface area contributed by atoms with E-state index in [1.54, 1.807) is 0 Å². The predicted molar refractivity (Wildman–Crippen MR) is 61.6 cm³/mol. The van der Waals surface area contributed by atoms with E-state index < -0.39 is 17.9 Å². The molecule has 104 valence electrons. The van der Waals surface area contributed by atoms with Crippen LogP contribution in [0, 0.1) is 0 Å². The first kappa shape index (κ1) is 12.8. The number of fused-ring (bicyclic) bond motifs is 3. The number of rotatable bonds is 1. The molecule has 6 nitrogen and oxygen atoms in total. The van der Waals surface area contributed by atoms with Crippen molar-refractivity contribution in [1.29, 1.82) is 0 Å². The van der Waals surface area contributed by atoms with E-state index >= 15 is 0 Å². The van der Waals surface area contributed by atoms with Crippen molar-refractivity contribution in [2.75, 3.05) is 6.54 Å². The van der Waals surface area contributed by atoms with E-state index in [0.29, 0.717) is 6.54 Å². The molecule has 2 N–H and O–H groups in total. The summed E-state index contributed by atoms with van der Waals surface area (Å²) >= 11 is 0. The van der Waals surface area contributed by atoms with E-state index in [1.807, 2.05) is 27.7 Å². The van der Waals surface area contributed by atoms with Crippen molar-refractivity contribution in [3.63, 3.8) is 0 Å². The Bertz CT molecular complexity index is 345. The highest BCUT2D eigenvalue weighted by molar-refractivity contribution is 5.00. The zero-order valence-electron chi connectivity index (χ0n) is 11.2. The lowest BCUT2D eigenvalue weighted by Crippen LogP contribution is -2.57. The molecule has 0 unspecified atom stereocenters. The smallest absolute Gasteiger partial charge is 0.190 e. The van der Waals surface area contributed by atoms with Gasteiger partial charge < -0.3 is 29.4 Å². The van der Waals surface area contributed by atoms with Gasteiger partial charge in [0.15, 0.2) is 17.9 Å². The van der Waals surface area contributed by atoms with Crippen LogP contribution in [0.2, 0.25) is 0 Å². The summed E-state index contributed by atoms with van der Waals surface area (Å²) in [5.41, 5.74) is 5.74. The SMILES string of the molecule is CC1(C)O[C@H]2O[C@H]3[C@H](OC(C)(C)O[C@@H]3CN)[C@H]2O1. The number of ether oxygens (including phenoxy) is 5. The maximum absolute atomic E-state index is 5.93. The Morgan fingerprint density at radius 2 is 1.44 bits per heavy atom. The van der Waals surface area contributed by atoms with Crippen LogP contribution < -0.4 is 5.73 Å². The van der Waals surface area contributed by atoms with Gasteiger partial charge in [0.2, 0.25) is 0 Å². The lowest BCUT2D eigenvalue weighted by molar-refractivity contribution is -0.341. The molecule has 3 aliphatic heterocycles. The summed E-state index contributed by atoms with van der Waals surface area (Å²) in [6.45, 7) is 7.88. The first-order valence-electron chi connectivity index (χ1n) is 6.38. The maximum Gasteiger partial charge on any atom is 0.190 e. The average molecular weight is 259 g/mol. The zero-order valence-corrected chi connectivity index (χ0v) is 11.2. The summed E-state index contributed by atoms with van der Waals surface area (Å²) < 4.78 is 29.1. The van der Waals surface area contributed by atoms with Crippen LogP contribution in [0.5, 0.6) is 0 Å². The molecule has 0 spiro atoms. The first-order valence-corrected chi connectivity index (χ1v) is 6.38. The third kappa shape index (κ3) is 1.97. The molecule has 3 fully saturated rings. The Morgan fingerprint density at radius 3 is 2.11 bits per heavy atom. The maximum atomic E-state index is 5.93. The number of hydrogen-bond acceptors (Lipinski definition) is 6. The Kier molecular flexibility index (Phi) is 2.75. The van der Waals surface area contributed by atoms with E-state index in [2.05, 4.69) is 0 Å². The Morgan fingerprint density at radius 1 is 0.833 bits per heavy atom. The van der Waals surface area contributed by atoms with Gasteiger partial charge >= 0.3 is 0 Å². The number of nitrogens with two attached hydrogens (primary N) is 1. The summed E-state index contributed by atoms with van der Waals surface area (Å²) in [5.74, 6) is -1.32. The van der Waals surface area contributed by atoms with E-state index in [4.69, 9.17) is 29.4 Å². The van der Waals surface area contributed by atoms with Crippen LogP contribution >= 0.6 is 0 Å². The van der Waals surface area contributed by atoms with Crippen molar-refractivity contribution in [2.45, 2.75) is 70.0 Å². The van der Waals surface area contributed by atoms with Crippen molar-refractivity contribution >= 4 is 0 Å². The summed E-state index contributed by atoms with van der Waals surface area (Å²) in [7, 11) is 0. The minimum Gasteiger partial charge on any atom is -0.343 e. The van der Waals surface area contributed by atoms with Gasteiger partial charge in [0.05, 0.1) is 0 Å². The third-order valence-electron chi connectivity index (χ3n) is 3.48. The molecule has 5 atom stereocenters. The molecule has 0 aliphatic carbocycles. The molecule has 6 heteroatoms. The predicted octanol–water partition coefficient (Wildman–Crippen LogP) is 0.342. The average Bonchev–Trinajstić information content (AvgIpc) is 2.69. The normalized spacial score (nSPS) is 48.8. The lowest BCUT2D eigenvalue weighted by atomic mass is 10.0. The van der Waals surface area contributed by atoms with Gasteiger partial charge in [-0.25, -0.2) is 0 Å². The summed E-state index contributed by atoms with van der Waals surface area (Å²) in [4.78, 5) is 0. The van der Waals surface area contributed by atoms with Gasteiger partial charge in [-0.2, -0.15) is 0 Å². The van der Waals surface area contributed by atoms with Crippen LogP contribution in [-0.2, 0) is 23.7 Å². The first-order chi connectivity index (χ1) is 8.31. The summed E-state index contributed by atoms with van der Waals surface area (Å²) in [5, 5.41) is 0. The van der Waals surface area contributed by atoms with Crippen molar-refractivity contribution < 1.29 is 23.7 Å². The Hall–Kier alpha value is -0.240. The van der Waals surface area contributed by atoms with Crippen LogP contribution in [-0.4, -0.2) is 48.8 Å². The van der Waals surface area contributed by atoms with Crippen LogP contribution in [0.4, 0.5) is 0 Å². The standard InChI is InChI=1S/C12H21NO5/c1-11(2)15-6(5-13)7-8(16-11)9-10(14-7)18-12(3,4)17-9/h6-10H,5,13H2,1-4H3/t6-,7-,8+,9-,10-/m1/s1. The van der Waals surface area contributed by atoms with Crippen molar-refractivity contribution in [3.8, 4) is 0 Å². The molecule has 0 saturated carbocycles. The molecule has 0 amide bonds. The molecular weight excluding hydrogens is 238 g/mol. The van der Waals surface area contributed by atoms with Gasteiger partial charge in [-0.05, 0) is 27.7 Å². The van der Waals surface area contributed by atoms with Gasteiger partial charge in [0, 0.05) is 6.54 Å². The van der Waals surface area contributed by atoms with E-state index in [9.17, 15) is 0 Å². The fourth-order valence-electron chi connectivity index (χ4n) is 2.91. The minimum atomic E-state index is -0.681. The van der Waals surface area contributed by atoms with E-state index in [-0.39, 0.29) is 24.4 Å². The molecule has 3 saturated heterocycles.